The second-order valence-electron chi connectivity index (χ2n) is 6.67. The summed E-state index contributed by atoms with van der Waals surface area (Å²) >= 11 is 0. The van der Waals surface area contributed by atoms with Gasteiger partial charge in [-0.2, -0.15) is 0 Å². The largest absolute Gasteiger partial charge is 0.347 e. The van der Waals surface area contributed by atoms with Gasteiger partial charge in [0.1, 0.15) is 0 Å². The smallest absolute Gasteiger partial charge is 0.243 e. The summed E-state index contributed by atoms with van der Waals surface area (Å²) in [5.74, 6) is 2.83. The van der Waals surface area contributed by atoms with Crippen molar-refractivity contribution in [1.29, 1.82) is 0 Å². The second-order valence-corrected chi connectivity index (χ2v) is 9.42. The Labute approximate surface area is 154 Å². The molecule has 7 nitrogen and oxygen atoms in total. The molecule has 1 aliphatic rings. The monoisotopic (exact) mass is 376 g/mol. The fourth-order valence-corrected chi connectivity index (χ4v) is 4.07. The predicted molar refractivity (Wildman–Crippen MR) is 104 cm³/mol. The molecule has 0 unspecified atom stereocenters. The molecule has 1 heterocycles. The first-order valence-corrected chi connectivity index (χ1v) is 9.88. The lowest BCUT2D eigenvalue weighted by atomic mass is 10.2. The number of rotatable bonds is 3. The van der Waals surface area contributed by atoms with Crippen LogP contribution in [0.25, 0.3) is 0 Å². The number of hydrogen-bond donors (Lipinski definition) is 2. The van der Waals surface area contributed by atoms with Crippen molar-refractivity contribution in [2.24, 2.45) is 4.99 Å². The van der Waals surface area contributed by atoms with E-state index in [0.29, 0.717) is 30.3 Å². The molecule has 1 aliphatic heterocycles. The number of benzene rings is 1. The van der Waals surface area contributed by atoms with Gasteiger partial charge < -0.3 is 15.5 Å². The number of anilines is 1. The molecule has 140 valence electrons. The van der Waals surface area contributed by atoms with Crippen molar-refractivity contribution in [3.8, 4) is 12.3 Å². The van der Waals surface area contributed by atoms with Crippen LogP contribution in [0.15, 0.2) is 29.3 Å². The zero-order valence-electron chi connectivity index (χ0n) is 15.2. The molecule has 26 heavy (non-hydrogen) atoms. The number of carbonyl (C=O) groups excluding carboxylic acids is 1. The summed E-state index contributed by atoms with van der Waals surface area (Å²) in [4.78, 5) is 18.2. The standard InChI is InChI=1S/C18H24N4O3S/c1-5-14-7-6-8-15(11-14)21-16(23)12-20-17(19-4)22-9-10-26(24,25)18(2,3)13-22/h1,6-8,11H,9-10,12-13H2,2-4H3,(H,19,20)(H,21,23). The van der Waals surface area contributed by atoms with Crippen molar-refractivity contribution in [3.63, 3.8) is 0 Å². The topological polar surface area (TPSA) is 90.9 Å². The zero-order valence-corrected chi connectivity index (χ0v) is 16.1. The minimum absolute atomic E-state index is 0.0105. The van der Waals surface area contributed by atoms with Crippen LogP contribution in [0.4, 0.5) is 5.69 Å². The third-order valence-electron chi connectivity index (χ3n) is 4.27. The van der Waals surface area contributed by atoms with Crippen molar-refractivity contribution in [1.82, 2.24) is 10.2 Å². The van der Waals surface area contributed by atoms with Crippen LogP contribution in [0.3, 0.4) is 0 Å². The number of amides is 1. The SMILES string of the molecule is C#Cc1cccc(NC(=O)CNC(=NC)N2CCS(=O)(=O)C(C)(C)C2)c1. The average molecular weight is 376 g/mol. The molecule has 0 bridgehead atoms. The van der Waals surface area contributed by atoms with E-state index in [0.717, 1.165) is 0 Å². The molecular formula is C18H24N4O3S. The van der Waals surface area contributed by atoms with Crippen LogP contribution in [0, 0.1) is 12.3 Å². The molecule has 0 spiro atoms. The number of terminal acetylenes is 1. The number of nitrogens with one attached hydrogen (secondary N) is 2. The molecule has 2 N–H and O–H groups in total. The molecule has 0 aliphatic carbocycles. The third kappa shape index (κ3) is 4.55. The van der Waals surface area contributed by atoms with Gasteiger partial charge in [0.2, 0.25) is 5.91 Å². The molecule has 0 atom stereocenters. The summed E-state index contributed by atoms with van der Waals surface area (Å²) in [6.07, 6.45) is 5.35. The van der Waals surface area contributed by atoms with Crippen LogP contribution >= 0.6 is 0 Å². The Kier molecular flexibility index (Phi) is 5.93. The minimum Gasteiger partial charge on any atom is -0.347 e. The van der Waals surface area contributed by atoms with Crippen molar-refractivity contribution in [2.45, 2.75) is 18.6 Å². The maximum absolute atomic E-state index is 12.2. The molecule has 1 aromatic rings. The first-order chi connectivity index (χ1) is 12.2. The number of nitrogens with zero attached hydrogens (tertiary/aromatic N) is 2. The Morgan fingerprint density at radius 1 is 1.42 bits per heavy atom. The van der Waals surface area contributed by atoms with E-state index in [1.54, 1.807) is 45.2 Å². The quantitative estimate of drug-likeness (QED) is 0.460. The normalized spacial score (nSPS) is 18.7. The summed E-state index contributed by atoms with van der Waals surface area (Å²) < 4.78 is 23.4. The van der Waals surface area contributed by atoms with Crippen LogP contribution in [-0.2, 0) is 14.6 Å². The molecule has 1 saturated heterocycles. The summed E-state index contributed by atoms with van der Waals surface area (Å²) in [6.45, 7) is 4.08. The van der Waals surface area contributed by atoms with Crippen molar-refractivity contribution < 1.29 is 13.2 Å². The van der Waals surface area contributed by atoms with Gasteiger partial charge in [0.05, 0.1) is 17.0 Å². The third-order valence-corrected chi connectivity index (χ3v) is 6.81. The van der Waals surface area contributed by atoms with E-state index in [1.165, 1.54) is 0 Å². The maximum Gasteiger partial charge on any atom is 0.243 e. The van der Waals surface area contributed by atoms with Gasteiger partial charge in [0.15, 0.2) is 15.8 Å². The van der Waals surface area contributed by atoms with Gasteiger partial charge in [-0.3, -0.25) is 9.79 Å². The number of aliphatic imine (C=N–C) groups is 1. The van der Waals surface area contributed by atoms with Gasteiger partial charge >= 0.3 is 0 Å². The first-order valence-electron chi connectivity index (χ1n) is 8.23. The van der Waals surface area contributed by atoms with E-state index < -0.39 is 14.6 Å². The van der Waals surface area contributed by atoms with Gasteiger partial charge in [-0.05, 0) is 32.0 Å². The highest BCUT2D eigenvalue weighted by Crippen LogP contribution is 2.23. The highest BCUT2D eigenvalue weighted by Gasteiger charge is 2.40. The number of guanidine groups is 1. The lowest BCUT2D eigenvalue weighted by molar-refractivity contribution is -0.115. The van der Waals surface area contributed by atoms with Crippen LogP contribution < -0.4 is 10.6 Å². The summed E-state index contributed by atoms with van der Waals surface area (Å²) in [5.41, 5.74) is 1.30. The Morgan fingerprint density at radius 2 is 2.15 bits per heavy atom. The molecular weight excluding hydrogens is 352 g/mol. The van der Waals surface area contributed by atoms with E-state index in [4.69, 9.17) is 6.42 Å². The lowest BCUT2D eigenvalue weighted by Crippen LogP contribution is -2.57. The van der Waals surface area contributed by atoms with Crippen molar-refractivity contribution in [2.75, 3.05) is 37.8 Å². The number of carbonyl (C=O) groups is 1. The highest BCUT2D eigenvalue weighted by molar-refractivity contribution is 7.92. The molecule has 0 radical (unpaired) electrons. The minimum atomic E-state index is -3.13. The molecule has 2 rings (SSSR count). The second kappa shape index (κ2) is 7.79. The van der Waals surface area contributed by atoms with Crippen molar-refractivity contribution >= 4 is 27.4 Å². The van der Waals surface area contributed by atoms with E-state index in [-0.39, 0.29) is 18.2 Å². The molecule has 0 aromatic heterocycles. The predicted octanol–water partition coefficient (Wildman–Crippen LogP) is 0.691. The number of sulfone groups is 1. The van der Waals surface area contributed by atoms with Gasteiger partial charge in [-0.25, -0.2) is 8.42 Å². The summed E-state index contributed by atoms with van der Waals surface area (Å²) in [5, 5.41) is 5.74. The molecule has 1 amide bonds. The fraction of sp³-hybridized carbons (Fsp3) is 0.444. The Hall–Kier alpha value is -2.53. The van der Waals surface area contributed by atoms with E-state index in [1.807, 2.05) is 4.90 Å². The van der Waals surface area contributed by atoms with Crippen LogP contribution in [0.5, 0.6) is 0 Å². The number of hydrogen-bond acceptors (Lipinski definition) is 4. The average Bonchev–Trinajstić information content (AvgIpc) is 2.58. The maximum atomic E-state index is 12.2. The van der Waals surface area contributed by atoms with Gasteiger partial charge in [-0.15, -0.1) is 6.42 Å². The van der Waals surface area contributed by atoms with E-state index in [2.05, 4.69) is 21.5 Å². The summed E-state index contributed by atoms with van der Waals surface area (Å²) in [7, 11) is -1.53. The Bertz CT molecular complexity index is 853. The van der Waals surface area contributed by atoms with Crippen LogP contribution in [0.1, 0.15) is 19.4 Å². The van der Waals surface area contributed by atoms with Crippen LogP contribution in [0.2, 0.25) is 0 Å². The fourth-order valence-electron chi connectivity index (χ4n) is 2.71. The van der Waals surface area contributed by atoms with E-state index >= 15 is 0 Å². The van der Waals surface area contributed by atoms with Gasteiger partial charge in [0.25, 0.3) is 0 Å². The van der Waals surface area contributed by atoms with Crippen LogP contribution in [-0.4, -0.2) is 62.4 Å². The van der Waals surface area contributed by atoms with E-state index in [9.17, 15) is 13.2 Å². The highest BCUT2D eigenvalue weighted by atomic mass is 32.2. The Balaban J connectivity index is 1.95. The van der Waals surface area contributed by atoms with Gasteiger partial charge in [0, 0.05) is 31.4 Å². The summed E-state index contributed by atoms with van der Waals surface area (Å²) in [6, 6.07) is 7.02. The van der Waals surface area contributed by atoms with Crippen molar-refractivity contribution in [3.05, 3.63) is 29.8 Å². The first kappa shape index (κ1) is 19.8. The lowest BCUT2D eigenvalue weighted by Gasteiger charge is -2.39. The molecule has 1 aromatic carbocycles. The van der Waals surface area contributed by atoms with Gasteiger partial charge in [-0.1, -0.05) is 12.0 Å². The molecule has 8 heteroatoms. The molecule has 1 fully saturated rings. The zero-order chi connectivity index (χ0) is 19.4. The Morgan fingerprint density at radius 3 is 2.77 bits per heavy atom. The molecule has 0 saturated carbocycles.